The minimum atomic E-state index is -0.754. The number of ketones is 1. The van der Waals surface area contributed by atoms with E-state index >= 15 is 0 Å². The Bertz CT molecular complexity index is 435. The molecule has 1 rings (SSSR count). The molecule has 4 nitrogen and oxygen atoms in total. The molecule has 0 aromatic heterocycles. The minimum absolute atomic E-state index is 0.0732. The van der Waals surface area contributed by atoms with Crippen LogP contribution in [0.15, 0.2) is 30.3 Å². The Morgan fingerprint density at radius 3 is 2.65 bits per heavy atom. The van der Waals surface area contributed by atoms with Crippen molar-refractivity contribution in [1.29, 1.82) is 0 Å². The normalized spacial score (nSPS) is 10.2. The van der Waals surface area contributed by atoms with Crippen molar-refractivity contribution in [1.82, 2.24) is 0 Å². The molecule has 0 N–H and O–H groups in total. The fraction of sp³-hybridized carbons (Fsp3) is 0.231. The zero-order chi connectivity index (χ0) is 12.7. The Labute approximate surface area is 99.8 Å². The molecular formula is C13H14O4. The summed E-state index contributed by atoms with van der Waals surface area (Å²) in [5.74, 6) is 0.291. The molecule has 0 saturated carbocycles. The second-order valence-electron chi connectivity index (χ2n) is 3.27. The number of carbonyl (C=O) groups is 2. The topological polar surface area (TPSA) is 52.6 Å². The summed E-state index contributed by atoms with van der Waals surface area (Å²) in [5, 5.41) is 0. The van der Waals surface area contributed by atoms with E-state index in [9.17, 15) is 9.59 Å². The summed E-state index contributed by atoms with van der Waals surface area (Å²) in [6.07, 6.45) is 2.25. The van der Waals surface area contributed by atoms with Gasteiger partial charge < -0.3 is 9.47 Å². The van der Waals surface area contributed by atoms with Gasteiger partial charge in [0.25, 0.3) is 0 Å². The van der Waals surface area contributed by atoms with Crippen LogP contribution >= 0.6 is 0 Å². The molecule has 1 aromatic carbocycles. The van der Waals surface area contributed by atoms with Crippen LogP contribution in [0, 0.1) is 0 Å². The third-order valence-corrected chi connectivity index (χ3v) is 1.87. The lowest BCUT2D eigenvalue weighted by molar-refractivity contribution is -0.112. The van der Waals surface area contributed by atoms with E-state index in [1.807, 2.05) is 0 Å². The van der Waals surface area contributed by atoms with E-state index in [0.29, 0.717) is 11.3 Å². The number of allylic oxidation sites excluding steroid dienone is 1. The molecule has 4 heteroatoms. The number of hydrogen-bond acceptors (Lipinski definition) is 4. The van der Waals surface area contributed by atoms with Crippen LogP contribution in [0.4, 0.5) is 4.79 Å². The van der Waals surface area contributed by atoms with Gasteiger partial charge in [0.2, 0.25) is 0 Å². The van der Waals surface area contributed by atoms with E-state index in [1.165, 1.54) is 13.0 Å². The second kappa shape index (κ2) is 6.48. The van der Waals surface area contributed by atoms with Gasteiger partial charge in [-0.05, 0) is 32.1 Å². The summed E-state index contributed by atoms with van der Waals surface area (Å²) in [5.41, 5.74) is 0.649. The van der Waals surface area contributed by atoms with E-state index in [1.54, 1.807) is 37.3 Å². The van der Waals surface area contributed by atoms with Crippen LogP contribution in [0.3, 0.4) is 0 Å². The zero-order valence-electron chi connectivity index (χ0n) is 9.80. The number of para-hydroxylation sites is 1. The number of hydrogen-bond donors (Lipinski definition) is 0. The van der Waals surface area contributed by atoms with Crippen LogP contribution in [0.5, 0.6) is 5.75 Å². The van der Waals surface area contributed by atoms with Gasteiger partial charge in [-0.3, -0.25) is 4.79 Å². The molecule has 0 aliphatic heterocycles. The standard InChI is InChI=1S/C13H14O4/c1-3-16-13(15)17-12-7-5-4-6-11(12)9-8-10(2)14/h4-9H,3H2,1-2H3/b9-8-. The van der Waals surface area contributed by atoms with E-state index in [0.717, 1.165) is 0 Å². The summed E-state index contributed by atoms with van der Waals surface area (Å²) < 4.78 is 9.67. The number of ether oxygens (including phenoxy) is 2. The fourth-order valence-corrected chi connectivity index (χ4v) is 1.16. The molecule has 0 aliphatic rings. The lowest BCUT2D eigenvalue weighted by Gasteiger charge is -2.06. The van der Waals surface area contributed by atoms with E-state index < -0.39 is 6.16 Å². The van der Waals surface area contributed by atoms with Crippen LogP contribution in [0.1, 0.15) is 19.4 Å². The van der Waals surface area contributed by atoms with Crippen LogP contribution in [0.25, 0.3) is 6.08 Å². The maximum Gasteiger partial charge on any atom is 0.513 e. The molecule has 0 fully saturated rings. The van der Waals surface area contributed by atoms with Gasteiger partial charge in [0.05, 0.1) is 6.61 Å². The summed E-state index contributed by atoms with van der Waals surface area (Å²) in [6, 6.07) is 6.90. The first-order valence-electron chi connectivity index (χ1n) is 5.25. The average molecular weight is 234 g/mol. The fourth-order valence-electron chi connectivity index (χ4n) is 1.16. The number of carbonyl (C=O) groups excluding carboxylic acids is 2. The molecule has 0 saturated heterocycles. The summed E-state index contributed by atoms with van der Waals surface area (Å²) in [7, 11) is 0. The van der Waals surface area contributed by atoms with Gasteiger partial charge in [-0.1, -0.05) is 18.2 Å². The van der Waals surface area contributed by atoms with Gasteiger partial charge in [0.15, 0.2) is 5.78 Å². The molecule has 0 radical (unpaired) electrons. The third kappa shape index (κ3) is 4.51. The minimum Gasteiger partial charge on any atom is -0.434 e. The van der Waals surface area contributed by atoms with E-state index in [2.05, 4.69) is 4.74 Å². The van der Waals surface area contributed by atoms with Crippen molar-refractivity contribution in [3.63, 3.8) is 0 Å². The molecule has 0 atom stereocenters. The van der Waals surface area contributed by atoms with Crippen LogP contribution < -0.4 is 4.74 Å². The Balaban J connectivity index is 2.84. The maximum atomic E-state index is 11.2. The highest BCUT2D eigenvalue weighted by molar-refractivity contribution is 5.92. The van der Waals surface area contributed by atoms with Crippen LogP contribution in [0.2, 0.25) is 0 Å². The van der Waals surface area contributed by atoms with E-state index in [4.69, 9.17) is 4.74 Å². The SMILES string of the molecule is CCOC(=O)Oc1ccccc1/C=C\C(C)=O. The van der Waals surface area contributed by atoms with E-state index in [-0.39, 0.29) is 12.4 Å². The zero-order valence-corrected chi connectivity index (χ0v) is 9.80. The first-order valence-corrected chi connectivity index (χ1v) is 5.25. The lowest BCUT2D eigenvalue weighted by atomic mass is 10.2. The van der Waals surface area contributed by atoms with Gasteiger partial charge >= 0.3 is 6.16 Å². The van der Waals surface area contributed by atoms with Crippen molar-refractivity contribution in [2.75, 3.05) is 6.61 Å². The average Bonchev–Trinajstić information content (AvgIpc) is 2.28. The van der Waals surface area contributed by atoms with Gasteiger partial charge in [-0.25, -0.2) is 4.79 Å². The molecule has 17 heavy (non-hydrogen) atoms. The van der Waals surface area contributed by atoms with Crippen molar-refractivity contribution < 1.29 is 19.1 Å². The predicted molar refractivity (Wildman–Crippen MR) is 63.8 cm³/mol. The van der Waals surface area contributed by atoms with Gasteiger partial charge in [-0.2, -0.15) is 0 Å². The van der Waals surface area contributed by atoms with Gasteiger partial charge in [-0.15, -0.1) is 0 Å². The lowest BCUT2D eigenvalue weighted by Crippen LogP contribution is -2.10. The quantitative estimate of drug-likeness (QED) is 0.456. The first kappa shape index (κ1) is 13.0. The van der Waals surface area contributed by atoms with Crippen molar-refractivity contribution in [3.8, 4) is 5.75 Å². The molecule has 0 spiro atoms. The molecule has 0 heterocycles. The van der Waals surface area contributed by atoms with Crippen LogP contribution in [-0.2, 0) is 9.53 Å². The Hall–Kier alpha value is -2.10. The molecule has 0 aliphatic carbocycles. The Kier molecular flexibility index (Phi) is 4.94. The maximum absolute atomic E-state index is 11.2. The highest BCUT2D eigenvalue weighted by atomic mass is 16.7. The Morgan fingerprint density at radius 2 is 2.00 bits per heavy atom. The second-order valence-corrected chi connectivity index (χ2v) is 3.27. The van der Waals surface area contributed by atoms with Crippen molar-refractivity contribution in [3.05, 3.63) is 35.9 Å². The highest BCUT2D eigenvalue weighted by Crippen LogP contribution is 2.19. The third-order valence-electron chi connectivity index (χ3n) is 1.87. The van der Waals surface area contributed by atoms with Gasteiger partial charge in [0.1, 0.15) is 5.75 Å². The monoisotopic (exact) mass is 234 g/mol. The number of benzene rings is 1. The van der Waals surface area contributed by atoms with Crippen molar-refractivity contribution in [2.24, 2.45) is 0 Å². The molecular weight excluding hydrogens is 220 g/mol. The smallest absolute Gasteiger partial charge is 0.434 e. The first-order chi connectivity index (χ1) is 8.13. The summed E-state index contributed by atoms with van der Waals surface area (Å²) >= 11 is 0. The molecule has 0 bridgehead atoms. The largest absolute Gasteiger partial charge is 0.513 e. The Morgan fingerprint density at radius 1 is 1.29 bits per heavy atom. The van der Waals surface area contributed by atoms with Crippen LogP contribution in [-0.4, -0.2) is 18.5 Å². The summed E-state index contributed by atoms with van der Waals surface area (Å²) in [4.78, 5) is 22.0. The van der Waals surface area contributed by atoms with Gasteiger partial charge in [0, 0.05) is 5.56 Å². The predicted octanol–water partition coefficient (Wildman–Crippen LogP) is 2.82. The van der Waals surface area contributed by atoms with Crippen molar-refractivity contribution in [2.45, 2.75) is 13.8 Å². The molecule has 1 aromatic rings. The molecule has 90 valence electrons. The van der Waals surface area contributed by atoms with Crippen molar-refractivity contribution >= 4 is 18.0 Å². The summed E-state index contributed by atoms with van der Waals surface area (Å²) in [6.45, 7) is 3.40. The molecule has 0 amide bonds. The highest BCUT2D eigenvalue weighted by Gasteiger charge is 2.07. The molecule has 0 unspecified atom stereocenters. The number of rotatable bonds is 4.